The van der Waals surface area contributed by atoms with Crippen molar-refractivity contribution in [3.63, 3.8) is 0 Å². The van der Waals surface area contributed by atoms with Crippen LogP contribution in [0, 0.1) is 5.92 Å². The van der Waals surface area contributed by atoms with Gasteiger partial charge >= 0.3 is 0 Å². The first-order valence-corrected chi connectivity index (χ1v) is 6.17. The van der Waals surface area contributed by atoms with Gasteiger partial charge in [-0.25, -0.2) is 0 Å². The van der Waals surface area contributed by atoms with Gasteiger partial charge in [-0.3, -0.25) is 4.79 Å². The molecule has 0 rings (SSSR count). The molecule has 0 bridgehead atoms. The van der Waals surface area contributed by atoms with Gasteiger partial charge < -0.3 is 10.6 Å². The van der Waals surface area contributed by atoms with Crippen molar-refractivity contribution in [2.75, 3.05) is 19.6 Å². The van der Waals surface area contributed by atoms with E-state index in [2.05, 4.69) is 6.92 Å². The van der Waals surface area contributed by atoms with Crippen molar-refractivity contribution in [1.29, 1.82) is 0 Å². The largest absolute Gasteiger partial charge is 0.343 e. The Morgan fingerprint density at radius 2 is 1.80 bits per heavy atom. The van der Waals surface area contributed by atoms with Gasteiger partial charge in [-0.05, 0) is 39.2 Å². The summed E-state index contributed by atoms with van der Waals surface area (Å²) in [5.74, 6) is 0.907. The third kappa shape index (κ3) is 5.78. The van der Waals surface area contributed by atoms with Crippen LogP contribution in [0.2, 0.25) is 0 Å². The summed E-state index contributed by atoms with van der Waals surface area (Å²) in [7, 11) is 0. The maximum atomic E-state index is 11.7. The molecule has 0 aliphatic heterocycles. The topological polar surface area (TPSA) is 46.3 Å². The number of nitrogens with zero attached hydrogens (tertiary/aromatic N) is 1. The molecule has 0 spiro atoms. The van der Waals surface area contributed by atoms with Crippen LogP contribution in [0.1, 0.15) is 46.5 Å². The molecule has 1 unspecified atom stereocenters. The van der Waals surface area contributed by atoms with Gasteiger partial charge in [0.15, 0.2) is 0 Å². The fraction of sp³-hybridized carbons (Fsp3) is 0.917. The van der Waals surface area contributed by atoms with Crippen molar-refractivity contribution >= 4 is 5.91 Å². The molecule has 0 heterocycles. The molecule has 0 saturated carbocycles. The van der Waals surface area contributed by atoms with Crippen molar-refractivity contribution in [3.05, 3.63) is 0 Å². The van der Waals surface area contributed by atoms with Crippen molar-refractivity contribution in [2.45, 2.75) is 46.5 Å². The fourth-order valence-corrected chi connectivity index (χ4v) is 1.85. The Hall–Kier alpha value is -0.570. The summed E-state index contributed by atoms with van der Waals surface area (Å²) in [6.45, 7) is 8.60. The summed E-state index contributed by atoms with van der Waals surface area (Å²) in [4.78, 5) is 13.6. The number of nitrogens with two attached hydrogens (primary N) is 1. The summed E-state index contributed by atoms with van der Waals surface area (Å²) in [6.07, 6.45) is 3.84. The molecule has 0 aliphatic carbocycles. The maximum absolute atomic E-state index is 11.7. The lowest BCUT2D eigenvalue weighted by atomic mass is 9.96. The lowest BCUT2D eigenvalue weighted by Gasteiger charge is -2.20. The van der Waals surface area contributed by atoms with Crippen LogP contribution in [0.5, 0.6) is 0 Å². The zero-order valence-electron chi connectivity index (χ0n) is 10.5. The van der Waals surface area contributed by atoms with E-state index >= 15 is 0 Å². The van der Waals surface area contributed by atoms with Gasteiger partial charge in [0.05, 0.1) is 0 Å². The van der Waals surface area contributed by atoms with Crippen molar-refractivity contribution < 1.29 is 4.79 Å². The van der Waals surface area contributed by atoms with E-state index < -0.39 is 0 Å². The lowest BCUT2D eigenvalue weighted by molar-refractivity contribution is -0.131. The van der Waals surface area contributed by atoms with Crippen molar-refractivity contribution in [1.82, 2.24) is 4.90 Å². The summed E-state index contributed by atoms with van der Waals surface area (Å²) in [5.41, 5.74) is 5.53. The fourth-order valence-electron chi connectivity index (χ4n) is 1.85. The molecular formula is C12H26N2O. The van der Waals surface area contributed by atoms with Gasteiger partial charge in [0, 0.05) is 19.5 Å². The Kier molecular flexibility index (Phi) is 8.38. The van der Waals surface area contributed by atoms with E-state index in [0.717, 1.165) is 38.9 Å². The minimum atomic E-state index is 0.287. The van der Waals surface area contributed by atoms with Crippen LogP contribution in [0.15, 0.2) is 0 Å². The minimum Gasteiger partial charge on any atom is -0.343 e. The van der Waals surface area contributed by atoms with Gasteiger partial charge in [0.1, 0.15) is 0 Å². The second kappa shape index (κ2) is 8.72. The predicted molar refractivity (Wildman–Crippen MR) is 64.6 cm³/mol. The van der Waals surface area contributed by atoms with Crippen LogP contribution < -0.4 is 5.73 Å². The molecular weight excluding hydrogens is 188 g/mol. The van der Waals surface area contributed by atoms with Crippen LogP contribution >= 0.6 is 0 Å². The second-order valence-electron chi connectivity index (χ2n) is 3.96. The van der Waals surface area contributed by atoms with E-state index in [1.807, 2.05) is 18.7 Å². The lowest BCUT2D eigenvalue weighted by Crippen LogP contribution is -2.30. The molecule has 1 amide bonds. The molecule has 2 N–H and O–H groups in total. The van der Waals surface area contributed by atoms with E-state index in [1.165, 1.54) is 0 Å². The molecule has 0 radical (unpaired) electrons. The van der Waals surface area contributed by atoms with E-state index in [4.69, 9.17) is 5.73 Å². The summed E-state index contributed by atoms with van der Waals surface area (Å²) < 4.78 is 0. The number of hydrogen-bond acceptors (Lipinski definition) is 2. The smallest absolute Gasteiger partial charge is 0.222 e. The highest BCUT2D eigenvalue weighted by atomic mass is 16.2. The number of carbonyl (C=O) groups excluding carboxylic acids is 1. The quantitative estimate of drug-likeness (QED) is 0.672. The zero-order valence-corrected chi connectivity index (χ0v) is 10.5. The Morgan fingerprint density at radius 3 is 2.20 bits per heavy atom. The molecule has 0 aromatic rings. The van der Waals surface area contributed by atoms with Crippen LogP contribution in [0.25, 0.3) is 0 Å². The van der Waals surface area contributed by atoms with Crippen LogP contribution in [-0.2, 0) is 4.79 Å². The van der Waals surface area contributed by atoms with E-state index in [9.17, 15) is 4.79 Å². The van der Waals surface area contributed by atoms with Crippen molar-refractivity contribution in [3.8, 4) is 0 Å². The predicted octanol–water partition coefficient (Wildman–Crippen LogP) is 2.01. The monoisotopic (exact) mass is 214 g/mol. The average Bonchev–Trinajstić information content (AvgIpc) is 2.25. The zero-order chi connectivity index (χ0) is 11.7. The summed E-state index contributed by atoms with van der Waals surface area (Å²) in [6, 6.07) is 0. The Bertz CT molecular complexity index is 167. The summed E-state index contributed by atoms with van der Waals surface area (Å²) >= 11 is 0. The SMILES string of the molecule is CCC(CCN)CCC(=O)N(CC)CC. The second-order valence-corrected chi connectivity index (χ2v) is 3.96. The maximum Gasteiger partial charge on any atom is 0.222 e. The number of hydrogen-bond donors (Lipinski definition) is 1. The standard InChI is InChI=1S/C12H26N2O/c1-4-11(9-10-13)7-8-12(15)14(5-2)6-3/h11H,4-10,13H2,1-3H3. The Labute approximate surface area is 94.0 Å². The normalized spacial score (nSPS) is 12.5. The van der Waals surface area contributed by atoms with Crippen molar-refractivity contribution in [2.24, 2.45) is 11.7 Å². The minimum absolute atomic E-state index is 0.287. The molecule has 90 valence electrons. The van der Waals surface area contributed by atoms with E-state index in [0.29, 0.717) is 12.3 Å². The number of amides is 1. The number of carbonyl (C=O) groups is 1. The van der Waals surface area contributed by atoms with E-state index in [1.54, 1.807) is 0 Å². The van der Waals surface area contributed by atoms with Crippen LogP contribution in [-0.4, -0.2) is 30.4 Å². The molecule has 0 aliphatic rings. The molecule has 0 saturated heterocycles. The third-order valence-electron chi connectivity index (χ3n) is 3.03. The van der Waals surface area contributed by atoms with Gasteiger partial charge in [-0.1, -0.05) is 13.3 Å². The van der Waals surface area contributed by atoms with Crippen LogP contribution in [0.4, 0.5) is 0 Å². The molecule has 1 atom stereocenters. The molecule has 0 fully saturated rings. The third-order valence-corrected chi connectivity index (χ3v) is 3.03. The first-order chi connectivity index (χ1) is 7.19. The number of rotatable bonds is 8. The van der Waals surface area contributed by atoms with Gasteiger partial charge in [-0.2, -0.15) is 0 Å². The summed E-state index contributed by atoms with van der Waals surface area (Å²) in [5, 5.41) is 0. The highest BCUT2D eigenvalue weighted by Crippen LogP contribution is 2.15. The molecule has 0 aromatic heterocycles. The van der Waals surface area contributed by atoms with Crippen LogP contribution in [0.3, 0.4) is 0 Å². The average molecular weight is 214 g/mol. The molecule has 15 heavy (non-hydrogen) atoms. The first-order valence-electron chi connectivity index (χ1n) is 6.17. The first kappa shape index (κ1) is 14.4. The van der Waals surface area contributed by atoms with Gasteiger partial charge in [0.25, 0.3) is 0 Å². The van der Waals surface area contributed by atoms with Gasteiger partial charge in [0.2, 0.25) is 5.91 Å². The van der Waals surface area contributed by atoms with Gasteiger partial charge in [-0.15, -0.1) is 0 Å². The molecule has 3 nitrogen and oxygen atoms in total. The Balaban J connectivity index is 3.85. The van der Waals surface area contributed by atoms with E-state index in [-0.39, 0.29) is 5.91 Å². The Morgan fingerprint density at radius 1 is 1.20 bits per heavy atom. The molecule has 0 aromatic carbocycles. The highest BCUT2D eigenvalue weighted by molar-refractivity contribution is 5.76. The molecule has 3 heteroatoms. The highest BCUT2D eigenvalue weighted by Gasteiger charge is 2.12.